The summed E-state index contributed by atoms with van der Waals surface area (Å²) in [6, 6.07) is 0.746. The van der Waals surface area contributed by atoms with Crippen LogP contribution < -0.4 is 10.6 Å². The predicted molar refractivity (Wildman–Crippen MR) is 119 cm³/mol. The summed E-state index contributed by atoms with van der Waals surface area (Å²) in [6.07, 6.45) is 6.17. The zero-order valence-corrected chi connectivity index (χ0v) is 19.0. The number of aryl methyl sites for hydroxylation is 1. The number of aromatic nitrogens is 1. The van der Waals surface area contributed by atoms with Crippen molar-refractivity contribution in [2.24, 2.45) is 4.99 Å². The number of rotatable bonds is 8. The van der Waals surface area contributed by atoms with Gasteiger partial charge in [0.25, 0.3) is 0 Å². The summed E-state index contributed by atoms with van der Waals surface area (Å²) in [5.74, 6) is 0.927. The second-order valence-corrected chi connectivity index (χ2v) is 7.59. The molecule has 0 radical (unpaired) electrons. The number of guanidine groups is 1. The van der Waals surface area contributed by atoms with Crippen molar-refractivity contribution in [3.8, 4) is 0 Å². The van der Waals surface area contributed by atoms with Gasteiger partial charge in [0.15, 0.2) is 5.96 Å². The van der Waals surface area contributed by atoms with Crippen molar-refractivity contribution in [1.82, 2.24) is 20.5 Å². The van der Waals surface area contributed by atoms with Gasteiger partial charge in [-0.05, 0) is 46.6 Å². The van der Waals surface area contributed by atoms with Gasteiger partial charge in [0.05, 0.1) is 10.7 Å². The third kappa shape index (κ3) is 8.68. The van der Waals surface area contributed by atoms with E-state index in [-0.39, 0.29) is 24.0 Å². The van der Waals surface area contributed by atoms with Crippen molar-refractivity contribution in [3.05, 3.63) is 16.1 Å². The van der Waals surface area contributed by atoms with Crippen LogP contribution >= 0.6 is 35.3 Å². The monoisotopic (exact) mass is 479 g/mol. The maximum atomic E-state index is 4.71. The second kappa shape index (κ2) is 12.9. The highest BCUT2D eigenvalue weighted by Gasteiger charge is 2.16. The molecule has 1 atom stereocenters. The fourth-order valence-corrected chi connectivity index (χ4v) is 3.78. The van der Waals surface area contributed by atoms with Gasteiger partial charge >= 0.3 is 0 Å². The Hall–Kier alpha value is -0.410. The van der Waals surface area contributed by atoms with E-state index in [1.165, 1.54) is 38.0 Å². The number of nitrogens with zero attached hydrogens (tertiary/aromatic N) is 3. The van der Waals surface area contributed by atoms with Gasteiger partial charge in [0.2, 0.25) is 0 Å². The molecule has 144 valence electrons. The molecule has 0 amide bonds. The molecule has 1 aliphatic heterocycles. The van der Waals surface area contributed by atoms with Gasteiger partial charge in [-0.15, -0.1) is 35.3 Å². The molecule has 1 aromatic heterocycles. The Morgan fingerprint density at radius 1 is 1.40 bits per heavy atom. The molecule has 2 N–H and O–H groups in total. The minimum absolute atomic E-state index is 0. The van der Waals surface area contributed by atoms with E-state index in [2.05, 4.69) is 46.7 Å². The summed E-state index contributed by atoms with van der Waals surface area (Å²) < 4.78 is 0. The molecule has 1 fully saturated rings. The van der Waals surface area contributed by atoms with Crippen LogP contribution in [0.15, 0.2) is 10.4 Å². The topological polar surface area (TPSA) is 52.6 Å². The van der Waals surface area contributed by atoms with Crippen molar-refractivity contribution in [1.29, 1.82) is 0 Å². The average Bonchev–Trinajstić information content (AvgIpc) is 2.98. The summed E-state index contributed by atoms with van der Waals surface area (Å²) >= 11 is 1.71. The molecule has 0 bridgehead atoms. The Morgan fingerprint density at radius 2 is 2.24 bits per heavy atom. The van der Waals surface area contributed by atoms with E-state index in [0.717, 1.165) is 49.5 Å². The number of hydrogen-bond acceptors (Lipinski definition) is 4. The van der Waals surface area contributed by atoms with E-state index >= 15 is 0 Å². The highest BCUT2D eigenvalue weighted by molar-refractivity contribution is 14.0. The normalized spacial score (nSPS) is 18.7. The maximum absolute atomic E-state index is 4.71. The number of hydrogen-bond donors (Lipinski definition) is 2. The Morgan fingerprint density at radius 3 is 2.92 bits per heavy atom. The van der Waals surface area contributed by atoms with Crippen LogP contribution in [0.25, 0.3) is 0 Å². The SMILES string of the molecule is CCNC(=NCCCN1CCCCC1C)NCCc1csc(C)n1.I. The molecule has 1 saturated heterocycles. The minimum Gasteiger partial charge on any atom is -0.357 e. The van der Waals surface area contributed by atoms with Crippen molar-refractivity contribution in [3.63, 3.8) is 0 Å². The molecule has 1 unspecified atom stereocenters. The number of aliphatic imine (C=N–C) groups is 1. The molecule has 1 aromatic rings. The smallest absolute Gasteiger partial charge is 0.191 e. The Balaban J connectivity index is 0.00000312. The quantitative estimate of drug-likeness (QED) is 0.260. The molecular weight excluding hydrogens is 445 g/mol. The largest absolute Gasteiger partial charge is 0.357 e. The minimum atomic E-state index is 0. The van der Waals surface area contributed by atoms with Crippen LogP contribution in [0.4, 0.5) is 0 Å². The van der Waals surface area contributed by atoms with Gasteiger partial charge < -0.3 is 15.5 Å². The van der Waals surface area contributed by atoms with E-state index in [4.69, 9.17) is 4.99 Å². The highest BCUT2D eigenvalue weighted by atomic mass is 127. The summed E-state index contributed by atoms with van der Waals surface area (Å²) in [5, 5.41) is 10.0. The third-order valence-corrected chi connectivity index (χ3v) is 5.32. The van der Waals surface area contributed by atoms with Gasteiger partial charge in [-0.25, -0.2) is 4.98 Å². The molecule has 2 heterocycles. The summed E-state index contributed by atoms with van der Waals surface area (Å²) in [5.41, 5.74) is 1.17. The average molecular weight is 479 g/mol. The van der Waals surface area contributed by atoms with Crippen LogP contribution in [-0.4, -0.2) is 54.6 Å². The molecule has 5 nitrogen and oxygen atoms in total. The number of thiazole rings is 1. The van der Waals surface area contributed by atoms with Crippen LogP contribution in [-0.2, 0) is 6.42 Å². The number of piperidine rings is 1. The van der Waals surface area contributed by atoms with Gasteiger partial charge in [-0.2, -0.15) is 0 Å². The van der Waals surface area contributed by atoms with Gasteiger partial charge in [0, 0.05) is 44.0 Å². The highest BCUT2D eigenvalue weighted by Crippen LogP contribution is 2.16. The van der Waals surface area contributed by atoms with E-state index in [1.54, 1.807) is 11.3 Å². The zero-order chi connectivity index (χ0) is 17.2. The molecule has 0 aromatic carbocycles. The van der Waals surface area contributed by atoms with E-state index in [0.29, 0.717) is 0 Å². The molecular formula is C18H34IN5S. The molecule has 25 heavy (non-hydrogen) atoms. The van der Waals surface area contributed by atoms with Crippen molar-refractivity contribution in [2.75, 3.05) is 32.7 Å². The molecule has 7 heteroatoms. The predicted octanol–water partition coefficient (Wildman–Crippen LogP) is 3.43. The summed E-state index contributed by atoms with van der Waals surface area (Å²) in [4.78, 5) is 11.8. The first-order chi connectivity index (χ1) is 11.7. The number of likely N-dealkylation sites (tertiary alicyclic amines) is 1. The first kappa shape index (κ1) is 22.6. The molecule has 0 spiro atoms. The first-order valence-electron chi connectivity index (χ1n) is 9.36. The number of nitrogens with one attached hydrogen (secondary N) is 2. The van der Waals surface area contributed by atoms with Crippen molar-refractivity contribution >= 4 is 41.3 Å². The lowest BCUT2D eigenvalue weighted by molar-refractivity contribution is 0.160. The van der Waals surface area contributed by atoms with Crippen LogP contribution in [0.3, 0.4) is 0 Å². The maximum Gasteiger partial charge on any atom is 0.191 e. The zero-order valence-electron chi connectivity index (χ0n) is 15.9. The lowest BCUT2D eigenvalue weighted by Gasteiger charge is -2.33. The van der Waals surface area contributed by atoms with Gasteiger partial charge in [0.1, 0.15) is 0 Å². The van der Waals surface area contributed by atoms with Crippen LogP contribution in [0, 0.1) is 6.92 Å². The van der Waals surface area contributed by atoms with Crippen molar-refractivity contribution in [2.45, 2.75) is 58.9 Å². The van der Waals surface area contributed by atoms with E-state index in [9.17, 15) is 0 Å². The van der Waals surface area contributed by atoms with Gasteiger partial charge in [-0.3, -0.25) is 4.99 Å². The van der Waals surface area contributed by atoms with Gasteiger partial charge in [-0.1, -0.05) is 6.42 Å². The first-order valence-corrected chi connectivity index (χ1v) is 10.2. The Labute approximate surface area is 174 Å². The third-order valence-electron chi connectivity index (χ3n) is 4.50. The molecule has 0 saturated carbocycles. The summed E-state index contributed by atoms with van der Waals surface area (Å²) in [6.45, 7) is 11.6. The second-order valence-electron chi connectivity index (χ2n) is 6.53. The number of halogens is 1. The van der Waals surface area contributed by atoms with E-state index in [1.807, 2.05) is 0 Å². The molecule has 0 aliphatic carbocycles. The lowest BCUT2D eigenvalue weighted by Crippen LogP contribution is -2.39. The Bertz CT molecular complexity index is 505. The molecule has 1 aliphatic rings. The van der Waals surface area contributed by atoms with Crippen LogP contribution in [0.2, 0.25) is 0 Å². The van der Waals surface area contributed by atoms with Crippen molar-refractivity contribution < 1.29 is 0 Å². The Kier molecular flexibility index (Phi) is 11.6. The fraction of sp³-hybridized carbons (Fsp3) is 0.778. The standard InChI is InChI=1S/C18H33N5S.HI/c1-4-19-18(21-11-9-17-14-24-16(3)22-17)20-10-7-13-23-12-6-5-8-15(23)2;/h14-15H,4-13H2,1-3H3,(H2,19,20,21);1H. The van der Waals surface area contributed by atoms with Crippen LogP contribution in [0.1, 0.15) is 50.2 Å². The molecule has 2 rings (SSSR count). The lowest BCUT2D eigenvalue weighted by atomic mass is 10.0. The van der Waals surface area contributed by atoms with E-state index < -0.39 is 0 Å². The fourth-order valence-electron chi connectivity index (χ4n) is 3.13. The van der Waals surface area contributed by atoms with Crippen LogP contribution in [0.5, 0.6) is 0 Å². The summed E-state index contributed by atoms with van der Waals surface area (Å²) in [7, 11) is 0.